The predicted octanol–water partition coefficient (Wildman–Crippen LogP) is 4.01. The van der Waals surface area contributed by atoms with Gasteiger partial charge < -0.3 is 10.2 Å². The third-order valence-electron chi connectivity index (χ3n) is 6.02. The van der Waals surface area contributed by atoms with Gasteiger partial charge in [-0.3, -0.25) is 9.67 Å². The van der Waals surface area contributed by atoms with Crippen LogP contribution in [0.2, 0.25) is 0 Å². The van der Waals surface area contributed by atoms with Gasteiger partial charge in [0.1, 0.15) is 0 Å². The van der Waals surface area contributed by atoms with E-state index in [0.29, 0.717) is 11.8 Å². The van der Waals surface area contributed by atoms with E-state index in [2.05, 4.69) is 87.2 Å². The van der Waals surface area contributed by atoms with Gasteiger partial charge in [-0.1, -0.05) is 60.7 Å². The van der Waals surface area contributed by atoms with Crippen molar-refractivity contribution >= 4 is 5.96 Å². The Kier molecular flexibility index (Phi) is 6.47. The maximum Gasteiger partial charge on any atom is 0.193 e. The first-order chi connectivity index (χ1) is 14.7. The van der Waals surface area contributed by atoms with Crippen molar-refractivity contribution < 1.29 is 0 Å². The Labute approximate surface area is 179 Å². The van der Waals surface area contributed by atoms with Crippen molar-refractivity contribution in [1.29, 1.82) is 0 Å². The molecule has 2 aromatic carbocycles. The number of aliphatic imine (C=N–C) groups is 1. The lowest BCUT2D eigenvalue weighted by atomic mass is 9.88. The van der Waals surface area contributed by atoms with Crippen LogP contribution in [0.15, 0.2) is 78.0 Å². The molecule has 1 aliphatic heterocycles. The molecule has 4 rings (SSSR count). The maximum atomic E-state index is 4.56. The molecule has 0 saturated carbocycles. The Balaban J connectivity index is 1.37. The third-order valence-corrected chi connectivity index (χ3v) is 6.02. The lowest BCUT2D eigenvalue weighted by Crippen LogP contribution is -2.40. The number of rotatable bonds is 6. The van der Waals surface area contributed by atoms with Crippen LogP contribution in [0.1, 0.15) is 41.4 Å². The van der Waals surface area contributed by atoms with E-state index in [-0.39, 0.29) is 0 Å². The molecule has 1 aliphatic rings. The van der Waals surface area contributed by atoms with Gasteiger partial charge in [0.2, 0.25) is 0 Å². The molecule has 1 fully saturated rings. The summed E-state index contributed by atoms with van der Waals surface area (Å²) in [4.78, 5) is 6.93. The minimum absolute atomic E-state index is 0.375. The number of hydrogen-bond acceptors (Lipinski definition) is 2. The number of nitrogens with one attached hydrogen (secondary N) is 1. The van der Waals surface area contributed by atoms with Crippen molar-refractivity contribution in [2.24, 2.45) is 12.0 Å². The van der Waals surface area contributed by atoms with Gasteiger partial charge in [-0.25, -0.2) is 0 Å². The van der Waals surface area contributed by atoms with Crippen molar-refractivity contribution in [2.75, 3.05) is 26.7 Å². The van der Waals surface area contributed by atoms with E-state index in [0.717, 1.165) is 38.4 Å². The minimum Gasteiger partial charge on any atom is -0.356 e. The Bertz CT molecular complexity index is 908. The number of aromatic nitrogens is 2. The molecule has 1 unspecified atom stereocenters. The third kappa shape index (κ3) is 4.73. The van der Waals surface area contributed by atoms with Crippen LogP contribution in [0, 0.1) is 0 Å². The van der Waals surface area contributed by atoms with E-state index in [9.17, 15) is 0 Å². The van der Waals surface area contributed by atoms with Gasteiger partial charge >= 0.3 is 0 Å². The molecule has 5 nitrogen and oxygen atoms in total. The van der Waals surface area contributed by atoms with Crippen molar-refractivity contribution in [3.63, 3.8) is 0 Å². The molecule has 1 atom stereocenters. The lowest BCUT2D eigenvalue weighted by Gasteiger charge is -2.23. The van der Waals surface area contributed by atoms with Gasteiger partial charge in [0.15, 0.2) is 5.96 Å². The highest BCUT2D eigenvalue weighted by Gasteiger charge is 2.27. The van der Waals surface area contributed by atoms with Gasteiger partial charge in [-0.2, -0.15) is 5.10 Å². The first-order valence-corrected chi connectivity index (χ1v) is 10.8. The monoisotopic (exact) mass is 401 g/mol. The van der Waals surface area contributed by atoms with Gasteiger partial charge in [0, 0.05) is 51.8 Å². The fourth-order valence-corrected chi connectivity index (χ4v) is 4.43. The van der Waals surface area contributed by atoms with Crippen LogP contribution in [-0.4, -0.2) is 47.3 Å². The highest BCUT2D eigenvalue weighted by Crippen LogP contribution is 2.28. The fourth-order valence-electron chi connectivity index (χ4n) is 4.43. The average molecular weight is 402 g/mol. The molecule has 5 heteroatoms. The number of benzene rings is 2. The lowest BCUT2D eigenvalue weighted by molar-refractivity contribution is 0.483. The summed E-state index contributed by atoms with van der Waals surface area (Å²) in [7, 11) is 3.86. The average Bonchev–Trinajstić information content (AvgIpc) is 3.44. The second kappa shape index (κ2) is 9.61. The van der Waals surface area contributed by atoms with Crippen LogP contribution in [-0.2, 0) is 7.05 Å². The number of hydrogen-bond donors (Lipinski definition) is 1. The van der Waals surface area contributed by atoms with Gasteiger partial charge in [-0.05, 0) is 29.5 Å². The SMILES string of the molecule is CN=C(NCCC(c1ccccc1)c1ccccc1)N1CCC(c2cnn(C)c2)C1. The zero-order chi connectivity index (χ0) is 20.8. The molecule has 0 aliphatic carbocycles. The number of likely N-dealkylation sites (tertiary alicyclic amines) is 1. The van der Waals surface area contributed by atoms with Crippen LogP contribution < -0.4 is 5.32 Å². The first-order valence-electron chi connectivity index (χ1n) is 10.8. The van der Waals surface area contributed by atoms with Crippen molar-refractivity contribution in [3.05, 3.63) is 89.7 Å². The summed E-state index contributed by atoms with van der Waals surface area (Å²) in [6, 6.07) is 21.6. The van der Waals surface area contributed by atoms with Crippen LogP contribution in [0.3, 0.4) is 0 Å². The molecule has 2 heterocycles. The second-order valence-corrected chi connectivity index (χ2v) is 8.02. The summed E-state index contributed by atoms with van der Waals surface area (Å²) < 4.78 is 1.89. The second-order valence-electron chi connectivity index (χ2n) is 8.02. The zero-order valence-corrected chi connectivity index (χ0v) is 17.9. The molecule has 0 spiro atoms. The molecule has 0 radical (unpaired) electrons. The van der Waals surface area contributed by atoms with E-state index in [4.69, 9.17) is 0 Å². The predicted molar refractivity (Wildman–Crippen MR) is 123 cm³/mol. The van der Waals surface area contributed by atoms with E-state index in [1.807, 2.05) is 25.0 Å². The Morgan fingerprint density at radius 2 is 1.77 bits per heavy atom. The Morgan fingerprint density at radius 1 is 1.10 bits per heavy atom. The zero-order valence-electron chi connectivity index (χ0n) is 17.9. The maximum absolute atomic E-state index is 4.56. The standard InChI is InChI=1S/C25H31N5/c1-26-25(30-16-14-22(19-30)23-17-28-29(2)18-23)27-15-13-24(20-9-5-3-6-10-20)21-11-7-4-8-12-21/h3-12,17-18,22,24H,13-16,19H2,1-2H3,(H,26,27). The van der Waals surface area contributed by atoms with Gasteiger partial charge in [0.05, 0.1) is 6.20 Å². The highest BCUT2D eigenvalue weighted by molar-refractivity contribution is 5.80. The summed E-state index contributed by atoms with van der Waals surface area (Å²) in [5, 5.41) is 7.94. The number of aryl methyl sites for hydroxylation is 1. The number of guanidine groups is 1. The molecule has 1 aromatic heterocycles. The van der Waals surface area contributed by atoms with Gasteiger partial charge in [0.25, 0.3) is 0 Å². The molecule has 1 N–H and O–H groups in total. The van der Waals surface area contributed by atoms with E-state index < -0.39 is 0 Å². The number of nitrogens with zero attached hydrogens (tertiary/aromatic N) is 4. The normalized spacial score (nSPS) is 17.0. The Morgan fingerprint density at radius 3 is 2.33 bits per heavy atom. The molecular formula is C25H31N5. The van der Waals surface area contributed by atoms with E-state index >= 15 is 0 Å². The van der Waals surface area contributed by atoms with E-state index in [1.165, 1.54) is 16.7 Å². The summed E-state index contributed by atoms with van der Waals surface area (Å²) >= 11 is 0. The van der Waals surface area contributed by atoms with Crippen LogP contribution >= 0.6 is 0 Å². The van der Waals surface area contributed by atoms with E-state index in [1.54, 1.807) is 0 Å². The molecule has 1 saturated heterocycles. The molecule has 0 bridgehead atoms. The fraction of sp³-hybridized carbons (Fsp3) is 0.360. The summed E-state index contributed by atoms with van der Waals surface area (Å²) in [6.07, 6.45) is 6.29. The van der Waals surface area contributed by atoms with Crippen molar-refractivity contribution in [2.45, 2.75) is 24.7 Å². The van der Waals surface area contributed by atoms with Crippen LogP contribution in [0.5, 0.6) is 0 Å². The largest absolute Gasteiger partial charge is 0.356 e. The molecule has 156 valence electrons. The van der Waals surface area contributed by atoms with Gasteiger partial charge in [-0.15, -0.1) is 0 Å². The summed E-state index contributed by atoms with van der Waals surface area (Å²) in [6.45, 7) is 2.90. The topological polar surface area (TPSA) is 45.5 Å². The minimum atomic E-state index is 0.375. The molecule has 3 aromatic rings. The molecule has 0 amide bonds. The molecule has 30 heavy (non-hydrogen) atoms. The van der Waals surface area contributed by atoms with Crippen molar-refractivity contribution in [1.82, 2.24) is 20.0 Å². The summed E-state index contributed by atoms with van der Waals surface area (Å²) in [5.41, 5.74) is 4.04. The summed E-state index contributed by atoms with van der Waals surface area (Å²) in [5.74, 6) is 1.90. The molecular weight excluding hydrogens is 370 g/mol. The Hall–Kier alpha value is -3.08. The van der Waals surface area contributed by atoms with Crippen molar-refractivity contribution in [3.8, 4) is 0 Å². The first kappa shape index (κ1) is 20.2. The van der Waals surface area contributed by atoms with Crippen LogP contribution in [0.4, 0.5) is 0 Å². The quantitative estimate of drug-likeness (QED) is 0.501. The van der Waals surface area contributed by atoms with Crippen LogP contribution in [0.25, 0.3) is 0 Å². The highest BCUT2D eigenvalue weighted by atomic mass is 15.3. The smallest absolute Gasteiger partial charge is 0.193 e.